The van der Waals surface area contributed by atoms with Gasteiger partial charge in [0.15, 0.2) is 0 Å². The number of methoxy groups -OCH3 is 1. The molecule has 4 heteroatoms. The van der Waals surface area contributed by atoms with E-state index >= 15 is 0 Å². The summed E-state index contributed by atoms with van der Waals surface area (Å²) in [6.07, 6.45) is 6.46. The minimum Gasteiger partial charge on any atom is -0.385 e. The van der Waals surface area contributed by atoms with E-state index in [0.717, 1.165) is 44.9 Å². The van der Waals surface area contributed by atoms with Crippen LogP contribution in [-0.4, -0.2) is 63.5 Å². The standard InChI is InChI=1S/C14H28N2O2/c1-17-9-3-10-18-11-8-16(14-5-6-14)12-13-4-2-7-15-13/h13-15H,2-12H2,1H3. The number of hydrogen-bond acceptors (Lipinski definition) is 4. The fourth-order valence-corrected chi connectivity index (χ4v) is 2.65. The van der Waals surface area contributed by atoms with E-state index < -0.39 is 0 Å². The average Bonchev–Trinajstić information content (AvgIpc) is 3.10. The van der Waals surface area contributed by atoms with E-state index in [4.69, 9.17) is 9.47 Å². The van der Waals surface area contributed by atoms with Crippen LogP contribution in [0.4, 0.5) is 0 Å². The van der Waals surface area contributed by atoms with E-state index in [-0.39, 0.29) is 0 Å². The van der Waals surface area contributed by atoms with E-state index in [1.54, 1.807) is 7.11 Å². The fraction of sp³-hybridized carbons (Fsp3) is 1.00. The lowest BCUT2D eigenvalue weighted by molar-refractivity contribution is 0.0798. The predicted molar refractivity (Wildman–Crippen MR) is 72.9 cm³/mol. The normalized spacial score (nSPS) is 24.0. The lowest BCUT2D eigenvalue weighted by Crippen LogP contribution is -2.40. The Kier molecular flexibility index (Phi) is 6.41. The Labute approximate surface area is 111 Å². The molecule has 1 unspecified atom stereocenters. The molecular weight excluding hydrogens is 228 g/mol. The van der Waals surface area contributed by atoms with Crippen molar-refractivity contribution in [1.29, 1.82) is 0 Å². The molecule has 1 aliphatic carbocycles. The number of rotatable bonds is 10. The van der Waals surface area contributed by atoms with Crippen molar-refractivity contribution in [2.75, 3.05) is 46.6 Å². The summed E-state index contributed by atoms with van der Waals surface area (Å²) in [5.41, 5.74) is 0. The van der Waals surface area contributed by atoms with Crippen LogP contribution in [0.25, 0.3) is 0 Å². The second kappa shape index (κ2) is 8.10. The highest BCUT2D eigenvalue weighted by Crippen LogP contribution is 2.27. The first-order valence-corrected chi connectivity index (χ1v) is 7.44. The Hall–Kier alpha value is -0.160. The van der Waals surface area contributed by atoms with Crippen LogP contribution in [0.1, 0.15) is 32.1 Å². The molecule has 0 aromatic heterocycles. The zero-order valence-electron chi connectivity index (χ0n) is 11.7. The molecule has 2 aliphatic rings. The maximum atomic E-state index is 5.67. The molecule has 1 saturated heterocycles. The first-order valence-electron chi connectivity index (χ1n) is 7.44. The van der Waals surface area contributed by atoms with E-state index in [1.165, 1.54) is 38.8 Å². The minimum absolute atomic E-state index is 0.721. The highest BCUT2D eigenvalue weighted by Gasteiger charge is 2.30. The van der Waals surface area contributed by atoms with Crippen molar-refractivity contribution >= 4 is 0 Å². The van der Waals surface area contributed by atoms with E-state index in [0.29, 0.717) is 0 Å². The molecule has 106 valence electrons. The van der Waals surface area contributed by atoms with Crippen LogP contribution in [0, 0.1) is 0 Å². The second-order valence-corrected chi connectivity index (χ2v) is 5.48. The number of hydrogen-bond donors (Lipinski definition) is 1. The molecule has 0 bridgehead atoms. The van der Waals surface area contributed by atoms with E-state index in [1.807, 2.05) is 0 Å². The maximum absolute atomic E-state index is 5.67. The predicted octanol–water partition coefficient (Wildman–Crippen LogP) is 1.26. The summed E-state index contributed by atoms with van der Waals surface area (Å²) in [6, 6.07) is 1.56. The summed E-state index contributed by atoms with van der Waals surface area (Å²) in [5, 5.41) is 3.59. The van der Waals surface area contributed by atoms with Crippen molar-refractivity contribution in [3.05, 3.63) is 0 Å². The van der Waals surface area contributed by atoms with Gasteiger partial charge in [0.05, 0.1) is 6.61 Å². The Morgan fingerprint density at radius 2 is 2.06 bits per heavy atom. The first kappa shape index (κ1) is 14.3. The molecule has 1 heterocycles. The molecule has 1 aliphatic heterocycles. The summed E-state index contributed by atoms with van der Waals surface area (Å²) in [5.74, 6) is 0. The third-order valence-corrected chi connectivity index (χ3v) is 3.84. The maximum Gasteiger partial charge on any atom is 0.0593 e. The summed E-state index contributed by atoms with van der Waals surface area (Å²) < 4.78 is 10.7. The zero-order valence-corrected chi connectivity index (χ0v) is 11.7. The molecule has 2 rings (SSSR count). The Balaban J connectivity index is 1.55. The van der Waals surface area contributed by atoms with Crippen LogP contribution in [0.15, 0.2) is 0 Å². The van der Waals surface area contributed by atoms with Gasteiger partial charge >= 0.3 is 0 Å². The summed E-state index contributed by atoms with van der Waals surface area (Å²) in [7, 11) is 1.74. The highest BCUT2D eigenvalue weighted by atomic mass is 16.5. The van der Waals surface area contributed by atoms with E-state index in [9.17, 15) is 0 Å². The van der Waals surface area contributed by atoms with Gasteiger partial charge in [-0.1, -0.05) is 0 Å². The van der Waals surface area contributed by atoms with Gasteiger partial charge in [-0.15, -0.1) is 0 Å². The van der Waals surface area contributed by atoms with Crippen LogP contribution in [-0.2, 0) is 9.47 Å². The molecule has 0 aromatic carbocycles. The van der Waals surface area contributed by atoms with Crippen LogP contribution < -0.4 is 5.32 Å². The van der Waals surface area contributed by atoms with Crippen molar-refractivity contribution in [2.24, 2.45) is 0 Å². The molecule has 2 fully saturated rings. The van der Waals surface area contributed by atoms with Gasteiger partial charge in [0.1, 0.15) is 0 Å². The van der Waals surface area contributed by atoms with Crippen molar-refractivity contribution < 1.29 is 9.47 Å². The second-order valence-electron chi connectivity index (χ2n) is 5.48. The van der Waals surface area contributed by atoms with Crippen LogP contribution in [0.5, 0.6) is 0 Å². The SMILES string of the molecule is COCCCOCCN(CC1CCCN1)C1CC1. The van der Waals surface area contributed by atoms with Gasteiger partial charge in [0.2, 0.25) is 0 Å². The largest absolute Gasteiger partial charge is 0.385 e. The van der Waals surface area contributed by atoms with Gasteiger partial charge in [0, 0.05) is 45.5 Å². The molecule has 0 radical (unpaired) electrons. The zero-order chi connectivity index (χ0) is 12.6. The van der Waals surface area contributed by atoms with Gasteiger partial charge in [0.25, 0.3) is 0 Å². The molecule has 1 N–H and O–H groups in total. The van der Waals surface area contributed by atoms with Crippen molar-refractivity contribution in [2.45, 2.75) is 44.2 Å². The summed E-state index contributed by atoms with van der Waals surface area (Å²) >= 11 is 0. The smallest absolute Gasteiger partial charge is 0.0593 e. The quantitative estimate of drug-likeness (QED) is 0.597. The Morgan fingerprint density at radius 1 is 1.17 bits per heavy atom. The molecule has 18 heavy (non-hydrogen) atoms. The minimum atomic E-state index is 0.721. The fourth-order valence-electron chi connectivity index (χ4n) is 2.65. The summed E-state index contributed by atoms with van der Waals surface area (Å²) in [4.78, 5) is 2.62. The van der Waals surface area contributed by atoms with E-state index in [2.05, 4.69) is 10.2 Å². The van der Waals surface area contributed by atoms with Crippen LogP contribution in [0.2, 0.25) is 0 Å². The van der Waals surface area contributed by atoms with Gasteiger partial charge in [-0.2, -0.15) is 0 Å². The Bertz CT molecular complexity index is 216. The lowest BCUT2D eigenvalue weighted by atomic mass is 10.2. The molecular formula is C14H28N2O2. The van der Waals surface area contributed by atoms with Crippen LogP contribution in [0.3, 0.4) is 0 Å². The van der Waals surface area contributed by atoms with Gasteiger partial charge < -0.3 is 14.8 Å². The monoisotopic (exact) mass is 256 g/mol. The number of nitrogens with zero attached hydrogens (tertiary/aromatic N) is 1. The Morgan fingerprint density at radius 3 is 2.72 bits per heavy atom. The first-order chi connectivity index (χ1) is 8.90. The van der Waals surface area contributed by atoms with Crippen LogP contribution >= 0.6 is 0 Å². The van der Waals surface area contributed by atoms with Crippen molar-refractivity contribution in [3.63, 3.8) is 0 Å². The molecule has 1 saturated carbocycles. The highest BCUT2D eigenvalue weighted by molar-refractivity contribution is 4.88. The van der Waals surface area contributed by atoms with Gasteiger partial charge in [-0.05, 0) is 38.6 Å². The number of nitrogens with one attached hydrogen (secondary N) is 1. The molecule has 0 spiro atoms. The average molecular weight is 256 g/mol. The lowest BCUT2D eigenvalue weighted by Gasteiger charge is -2.25. The molecule has 4 nitrogen and oxygen atoms in total. The van der Waals surface area contributed by atoms with Gasteiger partial charge in [-0.25, -0.2) is 0 Å². The third-order valence-electron chi connectivity index (χ3n) is 3.84. The molecule has 0 aromatic rings. The molecule has 1 atom stereocenters. The topological polar surface area (TPSA) is 33.7 Å². The molecule has 0 amide bonds. The van der Waals surface area contributed by atoms with Crippen molar-refractivity contribution in [1.82, 2.24) is 10.2 Å². The van der Waals surface area contributed by atoms with Gasteiger partial charge in [-0.3, -0.25) is 4.90 Å². The van der Waals surface area contributed by atoms with Crippen molar-refractivity contribution in [3.8, 4) is 0 Å². The number of ether oxygens (including phenoxy) is 2. The third kappa shape index (κ3) is 5.22. The summed E-state index contributed by atoms with van der Waals surface area (Å²) in [6.45, 7) is 6.01.